The van der Waals surface area contributed by atoms with Gasteiger partial charge in [0, 0.05) is 18.2 Å². The van der Waals surface area contributed by atoms with Crippen LogP contribution in [0.25, 0.3) is 22.8 Å². The highest BCUT2D eigenvalue weighted by Crippen LogP contribution is 2.40. The molecule has 4 aromatic rings. The minimum absolute atomic E-state index is 0.132. The molecule has 0 amide bonds. The zero-order valence-corrected chi connectivity index (χ0v) is 14.8. The number of aryl methyl sites for hydroxylation is 1. The third-order valence-electron chi connectivity index (χ3n) is 5.25. The lowest BCUT2D eigenvalue weighted by molar-refractivity contribution is -0.990. The van der Waals surface area contributed by atoms with E-state index in [2.05, 4.69) is 15.2 Å². The van der Waals surface area contributed by atoms with Crippen molar-refractivity contribution in [3.05, 3.63) is 66.3 Å². The predicted molar refractivity (Wildman–Crippen MR) is 87.4 cm³/mol. The van der Waals surface area contributed by atoms with Crippen molar-refractivity contribution in [3.8, 4) is 22.8 Å². The third kappa shape index (κ3) is 1.80. The SMILES string of the molecule is Cc1cc2n(n1)C1(n3nc(C(F)(F)F)cc3-c3cc(F)cc[n+]31)[n+]1ccncc1-2. The summed E-state index contributed by atoms with van der Waals surface area (Å²) in [5, 5.41) is 8.44. The average molecular weight is 401 g/mol. The highest BCUT2D eigenvalue weighted by Gasteiger charge is 2.70. The monoisotopic (exact) mass is 401 g/mol. The molecule has 1 atom stereocenters. The van der Waals surface area contributed by atoms with Crippen molar-refractivity contribution in [2.75, 3.05) is 0 Å². The van der Waals surface area contributed by atoms with Crippen molar-refractivity contribution >= 4 is 0 Å². The topological polar surface area (TPSA) is 56.3 Å². The molecule has 1 unspecified atom stereocenters. The van der Waals surface area contributed by atoms with Gasteiger partial charge in [-0.25, -0.2) is 4.39 Å². The molecule has 6 heterocycles. The molecule has 7 nitrogen and oxygen atoms in total. The minimum Gasteiger partial charge on any atom is -0.251 e. The van der Waals surface area contributed by atoms with Crippen LogP contribution >= 0.6 is 0 Å². The van der Waals surface area contributed by atoms with Gasteiger partial charge in [0.1, 0.15) is 12.0 Å². The van der Waals surface area contributed by atoms with Gasteiger partial charge in [-0.2, -0.15) is 23.4 Å². The van der Waals surface area contributed by atoms with E-state index in [1.807, 2.05) is 6.07 Å². The van der Waals surface area contributed by atoms with Gasteiger partial charge in [0.15, 0.2) is 29.5 Å². The Hall–Kier alpha value is -3.63. The van der Waals surface area contributed by atoms with Crippen LogP contribution in [0.15, 0.2) is 49.1 Å². The summed E-state index contributed by atoms with van der Waals surface area (Å²) in [7, 11) is 0. The molecule has 1 spiro atoms. The summed E-state index contributed by atoms with van der Waals surface area (Å²) in [4.78, 5) is 4.15. The molecule has 29 heavy (non-hydrogen) atoms. The quantitative estimate of drug-likeness (QED) is 0.288. The van der Waals surface area contributed by atoms with Crippen molar-refractivity contribution in [3.63, 3.8) is 0 Å². The van der Waals surface area contributed by atoms with Gasteiger partial charge >= 0.3 is 12.1 Å². The number of pyridine rings is 1. The van der Waals surface area contributed by atoms with E-state index in [0.717, 1.165) is 6.07 Å². The first kappa shape index (κ1) is 16.3. The molecular weight excluding hydrogens is 390 g/mol. The van der Waals surface area contributed by atoms with E-state index in [0.29, 0.717) is 17.1 Å². The summed E-state index contributed by atoms with van der Waals surface area (Å²) >= 11 is 0. The molecule has 0 fully saturated rings. The van der Waals surface area contributed by atoms with Crippen LogP contribution in [0.3, 0.4) is 0 Å². The maximum Gasteiger partial charge on any atom is 0.583 e. The Balaban J connectivity index is 1.81. The number of aromatic nitrogens is 7. The van der Waals surface area contributed by atoms with E-state index >= 15 is 0 Å². The molecule has 4 aromatic heterocycles. The zero-order valence-electron chi connectivity index (χ0n) is 14.8. The summed E-state index contributed by atoms with van der Waals surface area (Å²) in [6.45, 7) is 1.79. The van der Waals surface area contributed by atoms with Crippen LogP contribution in [0.1, 0.15) is 11.4 Å². The van der Waals surface area contributed by atoms with Crippen LogP contribution < -0.4 is 9.13 Å². The van der Waals surface area contributed by atoms with Gasteiger partial charge in [0.2, 0.25) is 5.69 Å². The fourth-order valence-electron chi connectivity index (χ4n) is 4.20. The summed E-state index contributed by atoms with van der Waals surface area (Å²) in [5.41, 5.74) is 1.31. The number of halogens is 4. The smallest absolute Gasteiger partial charge is 0.251 e. The highest BCUT2D eigenvalue weighted by molar-refractivity contribution is 5.57. The van der Waals surface area contributed by atoms with Crippen LogP contribution in [0.4, 0.5) is 17.6 Å². The number of hydrogen-bond donors (Lipinski definition) is 0. The first-order valence-electron chi connectivity index (χ1n) is 8.65. The van der Waals surface area contributed by atoms with E-state index in [1.165, 1.54) is 29.2 Å². The van der Waals surface area contributed by atoms with Crippen LogP contribution in [0.2, 0.25) is 0 Å². The lowest BCUT2D eigenvalue weighted by Gasteiger charge is -2.16. The Morgan fingerprint density at radius 3 is 2.48 bits per heavy atom. The van der Waals surface area contributed by atoms with Crippen LogP contribution in [0.5, 0.6) is 0 Å². The maximum absolute atomic E-state index is 14.1. The Kier molecular flexibility index (Phi) is 2.73. The molecule has 0 aliphatic carbocycles. The van der Waals surface area contributed by atoms with Gasteiger partial charge in [0.05, 0.1) is 11.9 Å². The third-order valence-corrected chi connectivity index (χ3v) is 5.25. The highest BCUT2D eigenvalue weighted by atomic mass is 19.4. The number of rotatable bonds is 0. The summed E-state index contributed by atoms with van der Waals surface area (Å²) < 4.78 is 60.7. The van der Waals surface area contributed by atoms with Gasteiger partial charge in [-0.3, -0.25) is 4.98 Å². The van der Waals surface area contributed by atoms with Crippen LogP contribution in [-0.4, -0.2) is 24.5 Å². The summed E-state index contributed by atoms with van der Waals surface area (Å²) in [6, 6.07) is 5.18. The van der Waals surface area contributed by atoms with Crippen molar-refractivity contribution in [2.24, 2.45) is 0 Å². The van der Waals surface area contributed by atoms with E-state index in [4.69, 9.17) is 0 Å². The molecule has 2 aliphatic heterocycles. The maximum atomic E-state index is 14.1. The largest absolute Gasteiger partial charge is 0.583 e. The summed E-state index contributed by atoms with van der Waals surface area (Å²) in [5.74, 6) is -2.01. The molecule has 0 N–H and O–H groups in total. The number of fused-ring (bicyclic) bond motifs is 10. The zero-order chi connectivity index (χ0) is 20.1. The number of hydrogen-bond acceptors (Lipinski definition) is 3. The van der Waals surface area contributed by atoms with Gasteiger partial charge in [0.25, 0.3) is 5.69 Å². The van der Waals surface area contributed by atoms with Crippen LogP contribution in [-0.2, 0) is 12.1 Å². The first-order chi connectivity index (χ1) is 13.8. The lowest BCUT2D eigenvalue weighted by atomic mass is 10.2. The molecule has 0 saturated heterocycles. The second kappa shape index (κ2) is 4.85. The van der Waals surface area contributed by atoms with Gasteiger partial charge < -0.3 is 0 Å². The lowest BCUT2D eigenvalue weighted by Crippen LogP contribution is -2.77. The Morgan fingerprint density at radius 1 is 0.966 bits per heavy atom. The molecular formula is C18H11F4N7+2. The van der Waals surface area contributed by atoms with Crippen molar-refractivity contribution in [1.82, 2.24) is 24.5 Å². The van der Waals surface area contributed by atoms with Crippen molar-refractivity contribution < 1.29 is 26.7 Å². The predicted octanol–water partition coefficient (Wildman–Crippen LogP) is 1.69. The summed E-state index contributed by atoms with van der Waals surface area (Å²) in [6.07, 6.45) is 1.61. The molecule has 0 saturated carbocycles. The Labute approximate surface area is 160 Å². The normalized spacial score (nSPS) is 18.7. The van der Waals surface area contributed by atoms with Gasteiger partial charge in [-0.05, 0) is 13.0 Å². The standard InChI is InChI=1S/C18H11F4N7/c1-10-6-13-15-9-23-3-5-27(15)18(28(13)24-10)26-4-2-11(19)7-12(26)14-8-16(17(20,21)22)25-29(14)18/h2-9H,1H3/q+2. The van der Waals surface area contributed by atoms with E-state index in [-0.39, 0.29) is 11.4 Å². The molecule has 2 aliphatic rings. The number of alkyl halides is 3. The molecule has 0 radical (unpaired) electrons. The number of nitrogens with zero attached hydrogens (tertiary/aromatic N) is 7. The van der Waals surface area contributed by atoms with Crippen LogP contribution in [0, 0.1) is 12.7 Å². The fourth-order valence-corrected chi connectivity index (χ4v) is 4.20. The van der Waals surface area contributed by atoms with Gasteiger partial charge in [-0.1, -0.05) is 9.13 Å². The van der Waals surface area contributed by atoms with E-state index < -0.39 is 23.6 Å². The second-order valence-electron chi connectivity index (χ2n) is 6.94. The average Bonchev–Trinajstić information content (AvgIpc) is 3.37. The van der Waals surface area contributed by atoms with E-state index in [9.17, 15) is 17.6 Å². The van der Waals surface area contributed by atoms with Crippen molar-refractivity contribution in [2.45, 2.75) is 19.0 Å². The minimum atomic E-state index is -4.65. The Morgan fingerprint density at radius 2 is 1.69 bits per heavy atom. The molecule has 6 rings (SSSR count). The fraction of sp³-hybridized carbons (Fsp3) is 0.167. The van der Waals surface area contributed by atoms with E-state index in [1.54, 1.807) is 33.1 Å². The second-order valence-corrected chi connectivity index (χ2v) is 6.94. The van der Waals surface area contributed by atoms with Crippen molar-refractivity contribution in [1.29, 1.82) is 0 Å². The first-order valence-corrected chi connectivity index (χ1v) is 8.65. The van der Waals surface area contributed by atoms with Gasteiger partial charge in [-0.15, -0.1) is 9.36 Å². The molecule has 144 valence electrons. The molecule has 11 heteroatoms. The molecule has 0 bridgehead atoms. The molecule has 0 aromatic carbocycles. The Bertz CT molecular complexity index is 1340.